The standard InChI is InChI=1S/C25H15ClF3N3OS/c26-19-8-10-20(11-9-19)31-24-32(30-14-16-4-3-6-18(12-16)25(27,28)29)21(15-34-24)23-13-17-5-1-2-7-22(17)33-23/h1-15H/b30-14-,31-24?. The van der Waals surface area contributed by atoms with E-state index in [1.165, 1.54) is 23.6 Å². The van der Waals surface area contributed by atoms with E-state index in [1.54, 1.807) is 35.0 Å². The van der Waals surface area contributed by atoms with Gasteiger partial charge in [-0.1, -0.05) is 41.9 Å². The van der Waals surface area contributed by atoms with Crippen molar-refractivity contribution < 1.29 is 17.6 Å². The molecule has 0 aliphatic carbocycles. The first-order valence-corrected chi connectivity index (χ1v) is 11.3. The van der Waals surface area contributed by atoms with Gasteiger partial charge in [0.25, 0.3) is 0 Å². The minimum atomic E-state index is -4.44. The molecule has 0 saturated heterocycles. The molecule has 0 N–H and O–H groups in total. The zero-order valence-electron chi connectivity index (χ0n) is 17.3. The summed E-state index contributed by atoms with van der Waals surface area (Å²) in [5.41, 5.74) is 1.56. The summed E-state index contributed by atoms with van der Waals surface area (Å²) < 4.78 is 46.9. The molecule has 0 fully saturated rings. The van der Waals surface area contributed by atoms with Gasteiger partial charge in [0.2, 0.25) is 4.80 Å². The number of aromatic nitrogens is 1. The predicted molar refractivity (Wildman–Crippen MR) is 129 cm³/mol. The Labute approximate surface area is 200 Å². The van der Waals surface area contributed by atoms with Gasteiger partial charge in [0.15, 0.2) is 5.76 Å². The third-order valence-corrected chi connectivity index (χ3v) is 6.02. The van der Waals surface area contributed by atoms with E-state index in [2.05, 4.69) is 10.1 Å². The predicted octanol–water partition coefficient (Wildman–Crippen LogP) is 7.75. The smallest absolute Gasteiger partial charge is 0.416 e. The fourth-order valence-electron chi connectivity index (χ4n) is 3.31. The van der Waals surface area contributed by atoms with Crippen LogP contribution in [0.4, 0.5) is 18.9 Å². The van der Waals surface area contributed by atoms with Crippen molar-refractivity contribution in [1.82, 2.24) is 4.68 Å². The first-order chi connectivity index (χ1) is 16.4. The van der Waals surface area contributed by atoms with Crippen molar-refractivity contribution in [3.8, 4) is 11.5 Å². The molecule has 0 atom stereocenters. The number of rotatable bonds is 4. The molecule has 9 heteroatoms. The maximum absolute atomic E-state index is 13.1. The van der Waals surface area contributed by atoms with Crippen LogP contribution in [0, 0.1) is 0 Å². The molecule has 2 heterocycles. The molecule has 0 saturated carbocycles. The number of para-hydroxylation sites is 1. The van der Waals surface area contributed by atoms with Crippen LogP contribution >= 0.6 is 22.9 Å². The fraction of sp³-hybridized carbons (Fsp3) is 0.0400. The number of thiazole rings is 1. The normalized spacial score (nSPS) is 12.8. The Balaban J connectivity index is 1.63. The van der Waals surface area contributed by atoms with Gasteiger partial charge < -0.3 is 4.42 Å². The molecule has 5 rings (SSSR count). The van der Waals surface area contributed by atoms with Crippen LogP contribution in [0.2, 0.25) is 5.02 Å². The Morgan fingerprint density at radius 2 is 1.74 bits per heavy atom. The van der Waals surface area contributed by atoms with Crippen LogP contribution in [0.15, 0.2) is 98.8 Å². The second-order valence-electron chi connectivity index (χ2n) is 7.32. The van der Waals surface area contributed by atoms with E-state index < -0.39 is 11.7 Å². The minimum absolute atomic E-state index is 0.307. The van der Waals surface area contributed by atoms with E-state index in [0.717, 1.165) is 17.5 Å². The Morgan fingerprint density at radius 1 is 0.941 bits per heavy atom. The monoisotopic (exact) mass is 497 g/mol. The molecule has 0 aliphatic heterocycles. The Morgan fingerprint density at radius 3 is 2.50 bits per heavy atom. The number of furan rings is 1. The summed E-state index contributed by atoms with van der Waals surface area (Å²) in [6, 6.07) is 21.4. The highest BCUT2D eigenvalue weighted by atomic mass is 35.5. The Hall–Kier alpha value is -3.62. The minimum Gasteiger partial charge on any atom is -0.454 e. The second-order valence-corrected chi connectivity index (χ2v) is 8.59. The molecule has 5 aromatic rings. The molecule has 0 aliphatic rings. The van der Waals surface area contributed by atoms with Crippen LogP contribution in [-0.4, -0.2) is 10.9 Å². The number of halogens is 4. The molecule has 0 spiro atoms. The molecule has 0 unspecified atom stereocenters. The highest BCUT2D eigenvalue weighted by Crippen LogP contribution is 2.30. The highest BCUT2D eigenvalue weighted by Gasteiger charge is 2.30. The molecular formula is C25H15ClF3N3OS. The van der Waals surface area contributed by atoms with Crippen molar-refractivity contribution in [3.63, 3.8) is 0 Å². The van der Waals surface area contributed by atoms with E-state index in [0.29, 0.717) is 38.1 Å². The van der Waals surface area contributed by atoms with E-state index in [9.17, 15) is 13.2 Å². The summed E-state index contributed by atoms with van der Waals surface area (Å²) in [7, 11) is 0. The maximum atomic E-state index is 13.1. The van der Waals surface area contributed by atoms with E-state index in [-0.39, 0.29) is 0 Å². The lowest BCUT2D eigenvalue weighted by atomic mass is 10.1. The summed E-state index contributed by atoms with van der Waals surface area (Å²) >= 11 is 7.30. The molecule has 34 heavy (non-hydrogen) atoms. The first-order valence-electron chi connectivity index (χ1n) is 10.1. The van der Waals surface area contributed by atoms with Crippen molar-refractivity contribution in [1.29, 1.82) is 0 Å². The van der Waals surface area contributed by atoms with Crippen molar-refractivity contribution >= 4 is 45.8 Å². The fourth-order valence-corrected chi connectivity index (χ4v) is 4.28. The van der Waals surface area contributed by atoms with Gasteiger partial charge in [0.1, 0.15) is 11.3 Å². The molecule has 0 bridgehead atoms. The number of hydrogen-bond acceptors (Lipinski definition) is 4. The van der Waals surface area contributed by atoms with Crippen LogP contribution in [0.5, 0.6) is 0 Å². The average Bonchev–Trinajstić information content (AvgIpc) is 3.42. The molecule has 4 nitrogen and oxygen atoms in total. The Bertz CT molecular complexity index is 1530. The SMILES string of the molecule is FC(F)(F)c1cccc(/C=N\n2c(-c3cc4ccccc4o3)csc2=Nc2ccc(Cl)cc2)c1. The van der Waals surface area contributed by atoms with Gasteiger partial charge in [-0.25, -0.2) is 9.67 Å². The quantitative estimate of drug-likeness (QED) is 0.234. The number of alkyl halides is 3. The van der Waals surface area contributed by atoms with E-state index in [1.807, 2.05) is 35.7 Å². The van der Waals surface area contributed by atoms with Gasteiger partial charge in [-0.2, -0.15) is 18.3 Å². The zero-order valence-corrected chi connectivity index (χ0v) is 18.9. The Kier molecular flexibility index (Phi) is 5.85. The summed E-state index contributed by atoms with van der Waals surface area (Å²) in [4.78, 5) is 5.15. The van der Waals surface area contributed by atoms with Crippen LogP contribution in [0.1, 0.15) is 11.1 Å². The van der Waals surface area contributed by atoms with Gasteiger partial charge in [0.05, 0.1) is 17.5 Å². The van der Waals surface area contributed by atoms with Crippen molar-refractivity contribution in [2.45, 2.75) is 6.18 Å². The van der Waals surface area contributed by atoms with Crippen LogP contribution in [-0.2, 0) is 6.18 Å². The lowest BCUT2D eigenvalue weighted by Gasteiger charge is -2.06. The van der Waals surface area contributed by atoms with Gasteiger partial charge >= 0.3 is 6.18 Å². The largest absolute Gasteiger partial charge is 0.454 e. The van der Waals surface area contributed by atoms with E-state index in [4.69, 9.17) is 16.0 Å². The lowest BCUT2D eigenvalue weighted by molar-refractivity contribution is -0.137. The number of fused-ring (bicyclic) bond motifs is 1. The molecule has 170 valence electrons. The van der Waals surface area contributed by atoms with Gasteiger partial charge in [-0.3, -0.25) is 0 Å². The zero-order chi connectivity index (χ0) is 23.7. The van der Waals surface area contributed by atoms with Crippen molar-refractivity contribution in [3.05, 3.63) is 105 Å². The van der Waals surface area contributed by atoms with Crippen LogP contribution in [0.3, 0.4) is 0 Å². The van der Waals surface area contributed by atoms with Gasteiger partial charge in [-0.15, -0.1) is 11.3 Å². The first kappa shape index (κ1) is 22.2. The average molecular weight is 498 g/mol. The molecular weight excluding hydrogens is 483 g/mol. The number of benzene rings is 3. The van der Waals surface area contributed by atoms with Crippen molar-refractivity contribution in [2.75, 3.05) is 0 Å². The van der Waals surface area contributed by atoms with E-state index >= 15 is 0 Å². The highest BCUT2D eigenvalue weighted by molar-refractivity contribution is 7.07. The van der Waals surface area contributed by atoms with Crippen LogP contribution in [0.25, 0.3) is 22.4 Å². The molecule has 0 amide bonds. The molecule has 2 aromatic heterocycles. The number of hydrogen-bond donors (Lipinski definition) is 0. The summed E-state index contributed by atoms with van der Waals surface area (Å²) in [5, 5.41) is 7.83. The summed E-state index contributed by atoms with van der Waals surface area (Å²) in [5.74, 6) is 0.566. The second kappa shape index (κ2) is 8.96. The summed E-state index contributed by atoms with van der Waals surface area (Å²) in [6.07, 6.45) is -3.07. The van der Waals surface area contributed by atoms with Gasteiger partial charge in [0, 0.05) is 15.8 Å². The van der Waals surface area contributed by atoms with Crippen molar-refractivity contribution in [2.24, 2.45) is 10.1 Å². The van der Waals surface area contributed by atoms with Crippen LogP contribution < -0.4 is 4.80 Å². The molecule has 0 radical (unpaired) electrons. The topological polar surface area (TPSA) is 42.8 Å². The number of nitrogens with zero attached hydrogens (tertiary/aromatic N) is 3. The van der Waals surface area contributed by atoms with Gasteiger partial charge in [-0.05, 0) is 54.1 Å². The molecule has 3 aromatic carbocycles. The third kappa shape index (κ3) is 4.69. The maximum Gasteiger partial charge on any atom is 0.416 e. The third-order valence-electron chi connectivity index (χ3n) is 4.95. The lowest BCUT2D eigenvalue weighted by Crippen LogP contribution is -2.11. The summed E-state index contributed by atoms with van der Waals surface area (Å²) in [6.45, 7) is 0.